The molecule has 2 saturated heterocycles. The van der Waals surface area contributed by atoms with E-state index in [1.807, 2.05) is 13.8 Å². The zero-order valence-electron chi connectivity index (χ0n) is 13.8. The number of halogens is 1. The summed E-state index contributed by atoms with van der Waals surface area (Å²) in [5.41, 5.74) is 0. The van der Waals surface area contributed by atoms with Crippen LogP contribution in [-0.4, -0.2) is 68.8 Å². The summed E-state index contributed by atoms with van der Waals surface area (Å²) >= 11 is 0. The van der Waals surface area contributed by atoms with Crippen molar-refractivity contribution in [2.75, 3.05) is 32.0 Å². The highest BCUT2D eigenvalue weighted by Gasteiger charge is 2.32. The van der Waals surface area contributed by atoms with Gasteiger partial charge in [0.15, 0.2) is 0 Å². The van der Waals surface area contributed by atoms with Gasteiger partial charge in [-0.05, 0) is 26.2 Å². The number of hydrogen-bond donors (Lipinski definition) is 2. The average Bonchev–Trinajstić information content (AvgIpc) is 2.48. The van der Waals surface area contributed by atoms with Crippen molar-refractivity contribution < 1.29 is 17.9 Å². The van der Waals surface area contributed by atoms with E-state index in [1.165, 1.54) is 0 Å². The number of ether oxygens (including phenoxy) is 1. The molecule has 0 aromatic heterocycles. The van der Waals surface area contributed by atoms with Gasteiger partial charge in [-0.15, -0.1) is 12.4 Å². The molecule has 0 bridgehead atoms. The van der Waals surface area contributed by atoms with Crippen molar-refractivity contribution >= 4 is 28.3 Å². The van der Waals surface area contributed by atoms with Crippen LogP contribution in [0.4, 0.5) is 0 Å². The first-order valence-electron chi connectivity index (χ1n) is 8.07. The third-order valence-corrected chi connectivity index (χ3v) is 6.33. The molecule has 0 spiro atoms. The SMILES string of the molecule is CCCS(=O)(=O)N1CCC(NC(=O)[C@H]2NCCO[C@@H]2C)CC1.Cl. The van der Waals surface area contributed by atoms with Crippen LogP contribution >= 0.6 is 12.4 Å². The predicted octanol–water partition coefficient (Wildman–Crippen LogP) is 0.106. The van der Waals surface area contributed by atoms with Gasteiger partial charge in [0.1, 0.15) is 6.04 Å². The zero-order valence-corrected chi connectivity index (χ0v) is 15.4. The molecule has 2 aliphatic heterocycles. The molecule has 2 aliphatic rings. The smallest absolute Gasteiger partial charge is 0.240 e. The molecule has 7 nitrogen and oxygen atoms in total. The van der Waals surface area contributed by atoms with Gasteiger partial charge in [-0.3, -0.25) is 4.79 Å². The molecule has 9 heteroatoms. The molecule has 23 heavy (non-hydrogen) atoms. The fourth-order valence-corrected chi connectivity index (χ4v) is 4.52. The van der Waals surface area contributed by atoms with Gasteiger partial charge in [0.05, 0.1) is 18.5 Å². The second-order valence-electron chi connectivity index (χ2n) is 6.01. The maximum atomic E-state index is 12.3. The molecular weight excluding hydrogens is 342 g/mol. The number of rotatable bonds is 5. The summed E-state index contributed by atoms with van der Waals surface area (Å²) in [6.07, 6.45) is 1.82. The highest BCUT2D eigenvalue weighted by atomic mass is 35.5. The number of carbonyl (C=O) groups excluding carboxylic acids is 1. The van der Waals surface area contributed by atoms with Gasteiger partial charge in [0.2, 0.25) is 15.9 Å². The second-order valence-corrected chi connectivity index (χ2v) is 8.09. The monoisotopic (exact) mass is 369 g/mol. The third kappa shape index (κ3) is 5.56. The average molecular weight is 370 g/mol. The summed E-state index contributed by atoms with van der Waals surface area (Å²) in [7, 11) is -3.13. The van der Waals surface area contributed by atoms with Crippen LogP contribution < -0.4 is 10.6 Å². The Morgan fingerprint density at radius 2 is 2.00 bits per heavy atom. The maximum Gasteiger partial charge on any atom is 0.240 e. The second kappa shape index (κ2) is 9.17. The standard InChI is InChI=1S/C14H27N3O4S.ClH/c1-3-10-22(19,20)17-7-4-12(5-8-17)16-14(18)13-11(2)21-9-6-15-13;/h11-13,15H,3-10H2,1-2H3,(H,16,18);1H/t11-,13+;/m1./s1. The van der Waals surface area contributed by atoms with Crippen molar-refractivity contribution in [3.63, 3.8) is 0 Å². The minimum atomic E-state index is -3.13. The van der Waals surface area contributed by atoms with E-state index in [4.69, 9.17) is 4.74 Å². The van der Waals surface area contributed by atoms with Gasteiger partial charge in [-0.2, -0.15) is 0 Å². The van der Waals surface area contributed by atoms with Crippen LogP contribution in [-0.2, 0) is 19.6 Å². The highest BCUT2D eigenvalue weighted by Crippen LogP contribution is 2.15. The molecular formula is C14H28ClN3O4S. The van der Waals surface area contributed by atoms with Gasteiger partial charge in [0.25, 0.3) is 0 Å². The molecule has 0 aromatic rings. The van der Waals surface area contributed by atoms with Crippen molar-refractivity contribution in [1.82, 2.24) is 14.9 Å². The van der Waals surface area contributed by atoms with E-state index in [2.05, 4.69) is 10.6 Å². The van der Waals surface area contributed by atoms with Gasteiger partial charge in [0, 0.05) is 25.7 Å². The molecule has 0 aromatic carbocycles. The Morgan fingerprint density at radius 1 is 1.35 bits per heavy atom. The van der Waals surface area contributed by atoms with Crippen molar-refractivity contribution in [1.29, 1.82) is 0 Å². The molecule has 0 saturated carbocycles. The van der Waals surface area contributed by atoms with E-state index < -0.39 is 10.0 Å². The Hall–Kier alpha value is -0.410. The molecule has 2 heterocycles. The van der Waals surface area contributed by atoms with E-state index in [9.17, 15) is 13.2 Å². The Labute approximate surface area is 145 Å². The van der Waals surface area contributed by atoms with Crippen LogP contribution in [0.5, 0.6) is 0 Å². The van der Waals surface area contributed by atoms with Gasteiger partial charge in [-0.25, -0.2) is 12.7 Å². The molecule has 2 atom stereocenters. The largest absolute Gasteiger partial charge is 0.375 e. The van der Waals surface area contributed by atoms with Crippen LogP contribution in [0.15, 0.2) is 0 Å². The summed E-state index contributed by atoms with van der Waals surface area (Å²) in [6.45, 7) is 6.02. The molecule has 2 rings (SSSR count). The Kier molecular flexibility index (Phi) is 8.23. The molecule has 2 N–H and O–H groups in total. The Balaban J connectivity index is 0.00000264. The number of morpholine rings is 1. The number of nitrogens with one attached hydrogen (secondary N) is 2. The lowest BCUT2D eigenvalue weighted by Gasteiger charge is -2.34. The molecule has 136 valence electrons. The number of nitrogens with zero attached hydrogens (tertiary/aromatic N) is 1. The molecule has 2 fully saturated rings. The third-order valence-electron chi connectivity index (χ3n) is 4.25. The summed E-state index contributed by atoms with van der Waals surface area (Å²) in [4.78, 5) is 12.3. The van der Waals surface area contributed by atoms with Crippen molar-refractivity contribution in [3.05, 3.63) is 0 Å². The summed E-state index contributed by atoms with van der Waals surface area (Å²) < 4.78 is 31.1. The quantitative estimate of drug-likeness (QED) is 0.718. The minimum Gasteiger partial charge on any atom is -0.375 e. The summed E-state index contributed by atoms with van der Waals surface area (Å²) in [5.74, 6) is 0.146. The molecule has 0 aliphatic carbocycles. The highest BCUT2D eigenvalue weighted by molar-refractivity contribution is 7.89. The number of hydrogen-bond acceptors (Lipinski definition) is 5. The first-order valence-corrected chi connectivity index (χ1v) is 9.68. The van der Waals surface area contributed by atoms with E-state index >= 15 is 0 Å². The fourth-order valence-electron chi connectivity index (χ4n) is 2.98. The number of amides is 1. The lowest BCUT2D eigenvalue weighted by molar-refractivity contribution is -0.129. The number of piperidine rings is 1. The van der Waals surface area contributed by atoms with Crippen LogP contribution in [0.25, 0.3) is 0 Å². The van der Waals surface area contributed by atoms with Gasteiger partial charge in [-0.1, -0.05) is 6.92 Å². The van der Waals surface area contributed by atoms with Crippen LogP contribution in [0.2, 0.25) is 0 Å². The molecule has 0 unspecified atom stereocenters. The predicted molar refractivity (Wildman–Crippen MR) is 91.3 cm³/mol. The molecule has 1 amide bonds. The minimum absolute atomic E-state index is 0. The summed E-state index contributed by atoms with van der Waals surface area (Å²) in [6, 6.07) is -0.285. The maximum absolute atomic E-state index is 12.3. The van der Waals surface area contributed by atoms with E-state index in [0.29, 0.717) is 45.5 Å². The zero-order chi connectivity index (χ0) is 16.2. The molecule has 0 radical (unpaired) electrons. The Morgan fingerprint density at radius 3 is 2.57 bits per heavy atom. The van der Waals surface area contributed by atoms with E-state index in [0.717, 1.165) is 0 Å². The van der Waals surface area contributed by atoms with Crippen LogP contribution in [0.1, 0.15) is 33.1 Å². The Bertz CT molecular complexity index is 480. The van der Waals surface area contributed by atoms with Crippen molar-refractivity contribution in [2.45, 2.75) is 51.3 Å². The van der Waals surface area contributed by atoms with E-state index in [1.54, 1.807) is 4.31 Å². The van der Waals surface area contributed by atoms with Crippen LogP contribution in [0.3, 0.4) is 0 Å². The van der Waals surface area contributed by atoms with Gasteiger partial charge >= 0.3 is 0 Å². The lowest BCUT2D eigenvalue weighted by atomic mass is 10.0. The van der Waals surface area contributed by atoms with E-state index in [-0.39, 0.29) is 42.3 Å². The summed E-state index contributed by atoms with van der Waals surface area (Å²) in [5, 5.41) is 6.18. The van der Waals surface area contributed by atoms with Crippen LogP contribution in [0, 0.1) is 0 Å². The first-order chi connectivity index (χ1) is 10.4. The topological polar surface area (TPSA) is 87.7 Å². The number of sulfonamides is 1. The first kappa shape index (κ1) is 20.6. The fraction of sp³-hybridized carbons (Fsp3) is 0.929. The lowest BCUT2D eigenvalue weighted by Crippen LogP contribution is -2.58. The number of carbonyl (C=O) groups is 1. The van der Waals surface area contributed by atoms with Crippen molar-refractivity contribution in [3.8, 4) is 0 Å². The normalized spacial score (nSPS) is 27.2. The van der Waals surface area contributed by atoms with Crippen molar-refractivity contribution in [2.24, 2.45) is 0 Å². The van der Waals surface area contributed by atoms with Gasteiger partial charge < -0.3 is 15.4 Å².